The van der Waals surface area contributed by atoms with E-state index in [1.165, 1.54) is 23.3 Å². The molecule has 8 nitrogen and oxygen atoms in total. The lowest BCUT2D eigenvalue weighted by Gasteiger charge is -2.33. The van der Waals surface area contributed by atoms with Gasteiger partial charge in [-0.3, -0.25) is 4.68 Å². The number of rotatable bonds is 10. The number of piperidine rings is 1. The minimum atomic E-state index is -2.77. The largest absolute Gasteiger partial charge is 0.464 e. The SMILES string of the molecule is CCOC(=O)C(c1ncn2c1C[C@@H](F)C2)n1cc2c(C(F)F)cc(-c3ccc(CCN4CCC(C(C)O)CC4)cc3)c(C)c2n1. The second-order valence-electron chi connectivity index (χ2n) is 12.4. The number of ether oxygens (including phenoxy) is 1. The first-order valence-electron chi connectivity index (χ1n) is 15.8. The normalized spacial score (nSPS) is 18.9. The number of likely N-dealkylation sites (tertiary alicyclic amines) is 1. The quantitative estimate of drug-likeness (QED) is 0.224. The van der Waals surface area contributed by atoms with Crippen molar-refractivity contribution < 1.29 is 27.8 Å². The zero-order chi connectivity index (χ0) is 31.8. The fourth-order valence-electron chi connectivity index (χ4n) is 6.84. The molecule has 1 saturated heterocycles. The molecule has 2 aromatic heterocycles. The van der Waals surface area contributed by atoms with E-state index < -0.39 is 24.6 Å². The summed E-state index contributed by atoms with van der Waals surface area (Å²) in [6.45, 7) is 8.54. The number of carbonyl (C=O) groups excluding carboxylic acids is 1. The summed E-state index contributed by atoms with van der Waals surface area (Å²) in [6.07, 6.45) is 1.82. The number of aryl methyl sites for hydroxylation is 1. The molecule has 240 valence electrons. The highest BCUT2D eigenvalue weighted by atomic mass is 19.3. The highest BCUT2D eigenvalue weighted by Crippen LogP contribution is 2.38. The highest BCUT2D eigenvalue weighted by Gasteiger charge is 2.35. The molecule has 6 rings (SSSR count). The van der Waals surface area contributed by atoms with Gasteiger partial charge in [0, 0.05) is 35.8 Å². The molecule has 0 radical (unpaired) electrons. The van der Waals surface area contributed by atoms with Crippen molar-refractivity contribution in [2.75, 3.05) is 26.2 Å². The Morgan fingerprint density at radius 2 is 1.91 bits per heavy atom. The van der Waals surface area contributed by atoms with E-state index >= 15 is 0 Å². The summed E-state index contributed by atoms with van der Waals surface area (Å²) in [4.78, 5) is 20.1. The van der Waals surface area contributed by atoms with Gasteiger partial charge in [0.05, 0.1) is 36.8 Å². The van der Waals surface area contributed by atoms with Crippen molar-refractivity contribution in [3.63, 3.8) is 0 Å². The Morgan fingerprint density at radius 3 is 2.58 bits per heavy atom. The van der Waals surface area contributed by atoms with Gasteiger partial charge in [-0.25, -0.2) is 22.9 Å². The standard InChI is InChI=1S/C34H40F3N5O3/c1-4-45-34(44)32(31-29-15-25(35)17-41(29)19-38-31)42-18-28-27(33(36)37)16-26(20(2)30(28)39-42)24-7-5-22(6-8-24)9-12-40-13-10-23(11-14-40)21(3)43/h5-8,16,18-19,21,23,25,32-33,43H,4,9-15,17H2,1-3H3/t21?,25-,32?/m1/s1. The van der Waals surface area contributed by atoms with Crippen LogP contribution in [0, 0.1) is 12.8 Å². The second kappa shape index (κ2) is 13.0. The van der Waals surface area contributed by atoms with E-state index in [0.29, 0.717) is 33.9 Å². The van der Waals surface area contributed by atoms with E-state index in [1.54, 1.807) is 11.5 Å². The van der Waals surface area contributed by atoms with Gasteiger partial charge in [0.25, 0.3) is 6.43 Å². The highest BCUT2D eigenvalue weighted by molar-refractivity contribution is 5.92. The molecule has 11 heteroatoms. The van der Waals surface area contributed by atoms with Crippen LogP contribution in [0.1, 0.15) is 67.2 Å². The second-order valence-corrected chi connectivity index (χ2v) is 12.4. The summed E-state index contributed by atoms with van der Waals surface area (Å²) in [6, 6.07) is 8.37. The van der Waals surface area contributed by atoms with Crippen molar-refractivity contribution in [1.82, 2.24) is 24.2 Å². The lowest BCUT2D eigenvalue weighted by molar-refractivity contribution is -0.146. The number of nitrogens with zero attached hydrogens (tertiary/aromatic N) is 5. The van der Waals surface area contributed by atoms with E-state index in [2.05, 4.69) is 15.0 Å². The minimum Gasteiger partial charge on any atom is -0.464 e. The Hall–Kier alpha value is -3.70. The van der Waals surface area contributed by atoms with Gasteiger partial charge >= 0.3 is 5.97 Å². The van der Waals surface area contributed by atoms with Crippen LogP contribution in [0.4, 0.5) is 13.2 Å². The fourth-order valence-corrected chi connectivity index (χ4v) is 6.84. The number of aliphatic hydroxyl groups is 1. The summed E-state index contributed by atoms with van der Waals surface area (Å²) < 4.78 is 51.6. The van der Waals surface area contributed by atoms with E-state index in [9.17, 15) is 23.1 Å². The first-order valence-corrected chi connectivity index (χ1v) is 15.8. The number of alkyl halides is 3. The number of halogens is 3. The first-order chi connectivity index (χ1) is 21.6. The maximum absolute atomic E-state index is 14.5. The number of hydrogen-bond acceptors (Lipinski definition) is 6. The van der Waals surface area contributed by atoms with Gasteiger partial charge in [-0.15, -0.1) is 0 Å². The zero-order valence-corrected chi connectivity index (χ0v) is 25.9. The van der Waals surface area contributed by atoms with Gasteiger partial charge in [0.2, 0.25) is 0 Å². The van der Waals surface area contributed by atoms with E-state index in [0.717, 1.165) is 50.0 Å². The number of hydrogen-bond donors (Lipinski definition) is 1. The molecule has 1 N–H and O–H groups in total. The predicted molar refractivity (Wildman–Crippen MR) is 165 cm³/mol. The summed E-state index contributed by atoms with van der Waals surface area (Å²) in [5, 5.41) is 14.8. The number of carbonyl (C=O) groups is 1. The maximum atomic E-state index is 14.5. The monoisotopic (exact) mass is 623 g/mol. The Kier molecular flexibility index (Phi) is 9.01. The molecule has 1 fully saturated rings. The lowest BCUT2D eigenvalue weighted by atomic mass is 9.92. The molecule has 2 unspecified atom stereocenters. The van der Waals surface area contributed by atoms with Crippen LogP contribution in [0.2, 0.25) is 0 Å². The third kappa shape index (κ3) is 6.24. The molecule has 0 spiro atoms. The first kappa shape index (κ1) is 31.3. The van der Waals surface area contributed by atoms with Gasteiger partial charge in [0.15, 0.2) is 6.04 Å². The molecule has 4 aromatic rings. The number of benzene rings is 2. The predicted octanol–water partition coefficient (Wildman–Crippen LogP) is 5.83. The van der Waals surface area contributed by atoms with Gasteiger partial charge in [-0.05, 0) is 87.4 Å². The molecular weight excluding hydrogens is 583 g/mol. The Balaban J connectivity index is 1.29. The number of esters is 1. The molecule has 0 saturated carbocycles. The maximum Gasteiger partial charge on any atom is 0.337 e. The molecule has 2 aliphatic rings. The van der Waals surface area contributed by atoms with Crippen LogP contribution < -0.4 is 0 Å². The van der Waals surface area contributed by atoms with Gasteiger partial charge < -0.3 is 19.3 Å². The molecule has 0 bridgehead atoms. The molecule has 0 amide bonds. The van der Waals surface area contributed by atoms with E-state index in [1.807, 2.05) is 38.1 Å². The molecular formula is C34H40F3N5O3. The van der Waals surface area contributed by atoms with Crippen LogP contribution in [0.15, 0.2) is 42.9 Å². The van der Waals surface area contributed by atoms with Crippen molar-refractivity contribution in [1.29, 1.82) is 0 Å². The summed E-state index contributed by atoms with van der Waals surface area (Å²) in [7, 11) is 0. The van der Waals surface area contributed by atoms with Crippen LogP contribution in [-0.4, -0.2) is 73.8 Å². The number of aliphatic hydroxyl groups excluding tert-OH is 1. The topological polar surface area (TPSA) is 85.4 Å². The van der Waals surface area contributed by atoms with Gasteiger partial charge in [-0.2, -0.15) is 5.10 Å². The Morgan fingerprint density at radius 1 is 1.18 bits per heavy atom. The summed E-state index contributed by atoms with van der Waals surface area (Å²) in [5.74, 6) is -0.258. The average molecular weight is 624 g/mol. The van der Waals surface area contributed by atoms with Crippen LogP contribution in [0.5, 0.6) is 0 Å². The molecule has 0 aliphatic carbocycles. The van der Waals surface area contributed by atoms with Crippen molar-refractivity contribution in [3.8, 4) is 11.1 Å². The van der Waals surface area contributed by atoms with Crippen molar-refractivity contribution in [3.05, 3.63) is 70.9 Å². The Bertz CT molecular complexity index is 1660. The van der Waals surface area contributed by atoms with Crippen molar-refractivity contribution in [2.24, 2.45) is 5.92 Å². The fraction of sp³-hybridized carbons (Fsp3) is 0.500. The molecule has 3 atom stereocenters. The lowest BCUT2D eigenvalue weighted by Crippen LogP contribution is -2.38. The van der Waals surface area contributed by atoms with E-state index in [-0.39, 0.29) is 36.6 Å². The number of imidazole rings is 1. The third-order valence-corrected chi connectivity index (χ3v) is 9.45. The smallest absolute Gasteiger partial charge is 0.337 e. The Labute approximate surface area is 260 Å². The molecule has 2 aliphatic heterocycles. The van der Waals surface area contributed by atoms with Gasteiger partial charge in [0.1, 0.15) is 6.17 Å². The molecule has 45 heavy (non-hydrogen) atoms. The minimum absolute atomic E-state index is 0.106. The van der Waals surface area contributed by atoms with E-state index in [4.69, 9.17) is 4.74 Å². The van der Waals surface area contributed by atoms with Crippen LogP contribution in [0.3, 0.4) is 0 Å². The zero-order valence-electron chi connectivity index (χ0n) is 25.9. The molecule has 2 aromatic carbocycles. The molecule has 4 heterocycles. The number of fused-ring (bicyclic) bond motifs is 2. The summed E-state index contributed by atoms with van der Waals surface area (Å²) in [5.41, 5.74) is 4.40. The third-order valence-electron chi connectivity index (χ3n) is 9.45. The average Bonchev–Trinajstić information content (AvgIpc) is 3.72. The van der Waals surface area contributed by atoms with Crippen molar-refractivity contribution in [2.45, 2.75) is 77.7 Å². The van der Waals surface area contributed by atoms with Crippen LogP contribution >= 0.6 is 0 Å². The van der Waals surface area contributed by atoms with Gasteiger partial charge in [-0.1, -0.05) is 24.3 Å². The van der Waals surface area contributed by atoms with Crippen LogP contribution in [-0.2, 0) is 28.9 Å². The van der Waals surface area contributed by atoms with Crippen LogP contribution in [0.25, 0.3) is 22.0 Å². The van der Waals surface area contributed by atoms with Crippen molar-refractivity contribution >= 4 is 16.9 Å². The number of aromatic nitrogens is 4. The summed E-state index contributed by atoms with van der Waals surface area (Å²) >= 11 is 0.